The van der Waals surface area contributed by atoms with E-state index in [0.717, 1.165) is 49.4 Å². The van der Waals surface area contributed by atoms with Gasteiger partial charge in [-0.3, -0.25) is 9.36 Å². The molecule has 1 heterocycles. The molecule has 0 atom stereocenters. The van der Waals surface area contributed by atoms with Crippen LogP contribution in [0, 0.1) is 0 Å². The lowest BCUT2D eigenvalue weighted by Crippen LogP contribution is -2.43. The van der Waals surface area contributed by atoms with E-state index in [1.54, 1.807) is 0 Å². The summed E-state index contributed by atoms with van der Waals surface area (Å²) in [5.41, 5.74) is 2.16. The van der Waals surface area contributed by atoms with Crippen LogP contribution >= 0.6 is 11.8 Å². The molecular weight excluding hydrogens is 372 g/mol. The smallest absolute Gasteiger partial charge is 0.337 e. The molecule has 1 aliphatic carbocycles. The average molecular weight is 409 g/mol. The molecule has 0 bridgehead atoms. The van der Waals surface area contributed by atoms with Crippen LogP contribution in [0.4, 0.5) is 0 Å². The topological polar surface area (TPSA) is 58.4 Å². The van der Waals surface area contributed by atoms with E-state index in [0.29, 0.717) is 12.3 Å². The third-order valence-electron chi connectivity index (χ3n) is 5.17. The highest BCUT2D eigenvalue weighted by Gasteiger charge is 2.24. The highest BCUT2D eigenvalue weighted by molar-refractivity contribution is 7.99. The lowest BCUT2D eigenvalue weighted by atomic mass is 9.97. The van der Waals surface area contributed by atoms with Crippen molar-refractivity contribution in [2.24, 2.45) is 0 Å². The van der Waals surface area contributed by atoms with Gasteiger partial charge >= 0.3 is 5.69 Å². The molecule has 6 nitrogen and oxygen atoms in total. The van der Waals surface area contributed by atoms with Crippen LogP contribution in [0.15, 0.2) is 9.82 Å². The van der Waals surface area contributed by atoms with E-state index in [1.165, 1.54) is 17.3 Å². The number of rotatable bonds is 9. The molecule has 0 aliphatic heterocycles. The number of thioether (sulfide) groups is 1. The van der Waals surface area contributed by atoms with Gasteiger partial charge in [-0.2, -0.15) is 4.98 Å². The molecule has 28 heavy (non-hydrogen) atoms. The van der Waals surface area contributed by atoms with Gasteiger partial charge in [0.25, 0.3) is 0 Å². The Bertz CT molecular complexity index is 720. The van der Waals surface area contributed by atoms with Crippen LogP contribution in [0.3, 0.4) is 0 Å². The predicted molar refractivity (Wildman–Crippen MR) is 116 cm³/mol. The summed E-state index contributed by atoms with van der Waals surface area (Å²) in [4.78, 5) is 33.9. The summed E-state index contributed by atoms with van der Waals surface area (Å²) in [7, 11) is 4.09. The summed E-state index contributed by atoms with van der Waals surface area (Å²) in [5, 5.41) is 0.768. The fraction of sp³-hybridized carbons (Fsp3) is 0.762. The lowest BCUT2D eigenvalue weighted by Gasteiger charge is -2.31. The zero-order valence-electron chi connectivity index (χ0n) is 18.3. The normalized spacial score (nSPS) is 14.0. The molecule has 1 aliphatic rings. The van der Waals surface area contributed by atoms with Crippen LogP contribution in [0.1, 0.15) is 58.2 Å². The van der Waals surface area contributed by atoms with Crippen molar-refractivity contribution < 1.29 is 4.79 Å². The maximum absolute atomic E-state index is 12.7. The van der Waals surface area contributed by atoms with E-state index in [4.69, 9.17) is 0 Å². The number of amides is 1. The van der Waals surface area contributed by atoms with Crippen LogP contribution < -0.4 is 5.69 Å². The summed E-state index contributed by atoms with van der Waals surface area (Å²) in [5.74, 6) is 0.441. The summed E-state index contributed by atoms with van der Waals surface area (Å²) in [6.45, 7) is 9.82. The molecule has 0 unspecified atom stereocenters. The highest BCUT2D eigenvalue weighted by atomic mass is 32.2. The molecule has 0 N–H and O–H groups in total. The number of carbonyl (C=O) groups is 1. The van der Waals surface area contributed by atoms with E-state index < -0.39 is 0 Å². The van der Waals surface area contributed by atoms with Crippen LogP contribution in [0.5, 0.6) is 0 Å². The van der Waals surface area contributed by atoms with Gasteiger partial charge in [-0.05, 0) is 80.4 Å². The first-order valence-electron chi connectivity index (χ1n) is 10.4. The third-order valence-corrected chi connectivity index (χ3v) is 6.17. The second kappa shape index (κ2) is 10.4. The number of nitrogens with zero attached hydrogens (tertiary/aromatic N) is 4. The van der Waals surface area contributed by atoms with E-state index in [1.807, 2.05) is 51.3 Å². The molecule has 0 saturated heterocycles. The standard InChI is InChI=1S/C21H36N4O2S/c1-15(2)25(16(3)4)19(26)14-28-20-17-10-7-8-11-18(17)24(21(27)22-20)13-9-12-23(5)6/h15-16H,7-14H2,1-6H3. The number of hydrogen-bond acceptors (Lipinski definition) is 5. The van der Waals surface area contributed by atoms with Gasteiger partial charge in [-0.25, -0.2) is 4.79 Å². The van der Waals surface area contributed by atoms with Crippen molar-refractivity contribution in [3.05, 3.63) is 21.7 Å². The molecule has 2 rings (SSSR count). The van der Waals surface area contributed by atoms with E-state index in [-0.39, 0.29) is 23.7 Å². The summed E-state index contributed by atoms with van der Waals surface area (Å²) >= 11 is 1.43. The van der Waals surface area contributed by atoms with Crippen LogP contribution in [-0.2, 0) is 24.2 Å². The molecule has 0 aromatic carbocycles. The Kier molecular flexibility index (Phi) is 8.56. The molecule has 7 heteroatoms. The molecule has 0 spiro atoms. The monoisotopic (exact) mass is 408 g/mol. The first kappa shape index (κ1) is 22.9. The largest absolute Gasteiger partial charge is 0.348 e. The fourth-order valence-corrected chi connectivity index (χ4v) is 4.97. The number of aromatic nitrogens is 2. The van der Waals surface area contributed by atoms with Crippen LogP contribution in [0.2, 0.25) is 0 Å². The highest BCUT2D eigenvalue weighted by Crippen LogP contribution is 2.29. The summed E-state index contributed by atoms with van der Waals surface area (Å²) < 4.78 is 1.87. The van der Waals surface area contributed by atoms with E-state index >= 15 is 0 Å². The van der Waals surface area contributed by atoms with Gasteiger partial charge in [0.15, 0.2) is 0 Å². The second-order valence-corrected chi connectivity index (χ2v) is 9.38. The molecule has 1 aromatic heterocycles. The van der Waals surface area contributed by atoms with E-state index in [9.17, 15) is 9.59 Å². The van der Waals surface area contributed by atoms with Gasteiger partial charge in [0.05, 0.1) is 5.75 Å². The Morgan fingerprint density at radius 2 is 1.79 bits per heavy atom. The first-order valence-corrected chi connectivity index (χ1v) is 11.4. The maximum atomic E-state index is 12.7. The number of carbonyl (C=O) groups excluding carboxylic acids is 1. The van der Waals surface area contributed by atoms with Crippen molar-refractivity contribution in [3.8, 4) is 0 Å². The van der Waals surface area contributed by atoms with Crippen LogP contribution in [0.25, 0.3) is 0 Å². The molecule has 1 amide bonds. The van der Waals surface area contributed by atoms with Crippen molar-refractivity contribution in [2.75, 3.05) is 26.4 Å². The average Bonchev–Trinajstić information content (AvgIpc) is 2.61. The van der Waals surface area contributed by atoms with Gasteiger partial charge < -0.3 is 9.80 Å². The molecular formula is C21H36N4O2S. The minimum Gasteiger partial charge on any atom is -0.337 e. The molecule has 158 valence electrons. The Morgan fingerprint density at radius 1 is 1.14 bits per heavy atom. The zero-order chi connectivity index (χ0) is 20.8. The van der Waals surface area contributed by atoms with Gasteiger partial charge in [-0.1, -0.05) is 11.8 Å². The second-order valence-electron chi connectivity index (χ2n) is 8.42. The van der Waals surface area contributed by atoms with Gasteiger partial charge in [0.1, 0.15) is 5.03 Å². The third kappa shape index (κ3) is 5.83. The van der Waals surface area contributed by atoms with Gasteiger partial charge in [-0.15, -0.1) is 0 Å². The van der Waals surface area contributed by atoms with Crippen molar-refractivity contribution in [2.45, 2.75) is 83.5 Å². The predicted octanol–water partition coefficient (Wildman–Crippen LogP) is 2.81. The zero-order valence-corrected chi connectivity index (χ0v) is 19.1. The SMILES string of the molecule is CC(C)N(C(=O)CSc1nc(=O)n(CCCN(C)C)c2c1CCCC2)C(C)C. The Labute approximate surface area is 173 Å². The van der Waals surface area contributed by atoms with Gasteiger partial charge in [0.2, 0.25) is 5.91 Å². The van der Waals surface area contributed by atoms with Gasteiger partial charge in [0, 0.05) is 29.9 Å². The molecule has 1 aromatic rings. The van der Waals surface area contributed by atoms with Crippen molar-refractivity contribution in [1.82, 2.24) is 19.4 Å². The lowest BCUT2D eigenvalue weighted by molar-refractivity contribution is -0.131. The van der Waals surface area contributed by atoms with Crippen molar-refractivity contribution in [3.63, 3.8) is 0 Å². The number of hydrogen-bond donors (Lipinski definition) is 0. The quantitative estimate of drug-likeness (QED) is 0.464. The Balaban J connectivity index is 2.20. The van der Waals surface area contributed by atoms with Crippen LogP contribution in [-0.4, -0.2) is 63.7 Å². The molecule has 0 saturated carbocycles. The number of fused-ring (bicyclic) bond motifs is 1. The van der Waals surface area contributed by atoms with Crippen molar-refractivity contribution in [1.29, 1.82) is 0 Å². The Hall–Kier alpha value is -1.34. The maximum Gasteiger partial charge on any atom is 0.348 e. The van der Waals surface area contributed by atoms with E-state index in [2.05, 4.69) is 9.88 Å². The Morgan fingerprint density at radius 3 is 2.39 bits per heavy atom. The summed E-state index contributed by atoms with van der Waals surface area (Å²) in [6.07, 6.45) is 5.05. The summed E-state index contributed by atoms with van der Waals surface area (Å²) in [6, 6.07) is 0.333. The first-order chi connectivity index (χ1) is 13.2. The van der Waals surface area contributed by atoms with Crippen molar-refractivity contribution >= 4 is 17.7 Å². The minimum atomic E-state index is -0.168. The fourth-order valence-electron chi connectivity index (χ4n) is 4.02. The molecule has 0 fully saturated rings. The minimum absolute atomic E-state index is 0.108. The molecule has 0 radical (unpaired) electrons.